The zero-order chi connectivity index (χ0) is 52.4. The molecule has 0 unspecified atom stereocenters. The molecule has 5 heterocycles. The second-order valence-electron chi connectivity index (χ2n) is 18.8. The number of fused-ring (bicyclic) bond motifs is 1. The molecule has 1 saturated heterocycles. The number of nitrogens with one attached hydrogen (secondary N) is 4. The number of anilines is 5. The summed E-state index contributed by atoms with van der Waals surface area (Å²) in [6.07, 6.45) is 7.30. The van der Waals surface area contributed by atoms with Crippen molar-refractivity contribution in [3.8, 4) is 0 Å². The van der Waals surface area contributed by atoms with Gasteiger partial charge in [0, 0.05) is 73.0 Å². The lowest BCUT2D eigenvalue weighted by Gasteiger charge is -2.35. The molecule has 1 aromatic carbocycles. The van der Waals surface area contributed by atoms with Crippen molar-refractivity contribution in [2.75, 3.05) is 133 Å². The van der Waals surface area contributed by atoms with E-state index in [4.69, 9.17) is 28.7 Å². The summed E-state index contributed by atoms with van der Waals surface area (Å²) in [6.45, 7) is 20.2. The van der Waals surface area contributed by atoms with E-state index < -0.39 is 0 Å². The Bertz CT molecular complexity index is 2700. The minimum Gasteiger partial charge on any atom is -0.383 e. The molecule has 5 aromatic rings. The van der Waals surface area contributed by atoms with Crippen LogP contribution in [0.3, 0.4) is 0 Å². The number of piperazine rings is 1. The fourth-order valence-electron chi connectivity index (χ4n) is 9.20. The normalized spacial score (nSPS) is 14.3. The minimum absolute atomic E-state index is 0.000766. The van der Waals surface area contributed by atoms with Crippen LogP contribution < -0.4 is 31.7 Å². The van der Waals surface area contributed by atoms with Crippen molar-refractivity contribution in [3.05, 3.63) is 85.9 Å². The van der Waals surface area contributed by atoms with Crippen LogP contribution in [0.2, 0.25) is 0 Å². The molecule has 1 aliphatic carbocycles. The number of rotatable bonds is 29. The highest BCUT2D eigenvalue weighted by Crippen LogP contribution is 2.32. The van der Waals surface area contributed by atoms with Crippen LogP contribution in [-0.4, -0.2) is 159 Å². The standard InChI is InChI=1S/C53H73N11O9S/c1-35(2)48-39(6)74-53(59-48)61-50(67)43-13-11-40(31-36(43)3)54-15-21-69-23-25-71-27-29-73-30-28-72-26-24-70-22-16-55-46(66)34-62-17-19-63(20-18-62)42-12-14-45(56-32-42)58-52-57-33-44-37(4)47(38(5)65)51(68)64(49(44)60-52)41-9-7-8-10-41/h11-14,31-33,35,41,54H,7-10,15-30,34H2,1-6H3,(H,55,66)(H,59,61,67)(H,56,57,58,60). The lowest BCUT2D eigenvalue weighted by atomic mass is 10.0. The highest BCUT2D eigenvalue weighted by Gasteiger charge is 2.26. The molecule has 0 spiro atoms. The third-order valence-corrected chi connectivity index (χ3v) is 13.9. The van der Waals surface area contributed by atoms with Crippen LogP contribution in [0.4, 0.5) is 28.3 Å². The Morgan fingerprint density at radius 3 is 2.03 bits per heavy atom. The van der Waals surface area contributed by atoms with E-state index >= 15 is 0 Å². The van der Waals surface area contributed by atoms with Crippen LogP contribution in [0.5, 0.6) is 0 Å². The molecule has 21 heteroatoms. The first kappa shape index (κ1) is 55.8. The Labute approximate surface area is 437 Å². The Balaban J connectivity index is 0.657. The molecule has 1 aliphatic heterocycles. The maximum atomic E-state index is 13.6. The van der Waals surface area contributed by atoms with Crippen molar-refractivity contribution < 1.29 is 38.1 Å². The Morgan fingerprint density at radius 2 is 1.43 bits per heavy atom. The van der Waals surface area contributed by atoms with E-state index in [1.807, 2.05) is 50.4 Å². The number of Topliss-reactive ketones (excluding diaryl/α,β-unsaturated/α-hetero) is 1. The molecule has 2 amide bonds. The maximum absolute atomic E-state index is 13.6. The average molecular weight is 1040 g/mol. The molecule has 7 rings (SSSR count). The number of ketones is 1. The number of carbonyl (C=O) groups excluding carboxylic acids is 3. The number of hydrogen-bond acceptors (Lipinski definition) is 18. The first-order valence-corrected chi connectivity index (χ1v) is 26.6. The number of carbonyl (C=O) groups is 3. The second kappa shape index (κ2) is 28.1. The Morgan fingerprint density at radius 1 is 0.784 bits per heavy atom. The molecule has 400 valence electrons. The summed E-state index contributed by atoms with van der Waals surface area (Å²) in [4.78, 5) is 75.6. The van der Waals surface area contributed by atoms with Crippen LogP contribution >= 0.6 is 11.3 Å². The van der Waals surface area contributed by atoms with Gasteiger partial charge in [-0.2, -0.15) is 4.98 Å². The molecule has 4 N–H and O–H groups in total. The summed E-state index contributed by atoms with van der Waals surface area (Å²) >= 11 is 1.50. The third-order valence-electron chi connectivity index (χ3n) is 13.0. The lowest BCUT2D eigenvalue weighted by Crippen LogP contribution is -2.49. The van der Waals surface area contributed by atoms with Crippen molar-refractivity contribution in [2.45, 2.75) is 79.2 Å². The van der Waals surface area contributed by atoms with Gasteiger partial charge in [0.1, 0.15) is 11.5 Å². The van der Waals surface area contributed by atoms with Gasteiger partial charge in [0.2, 0.25) is 11.9 Å². The zero-order valence-corrected chi connectivity index (χ0v) is 44.6. The van der Waals surface area contributed by atoms with Gasteiger partial charge in [0.15, 0.2) is 10.9 Å². The van der Waals surface area contributed by atoms with Crippen LogP contribution in [0, 0.1) is 20.8 Å². The van der Waals surface area contributed by atoms with Gasteiger partial charge >= 0.3 is 0 Å². The molecule has 74 heavy (non-hydrogen) atoms. The molecule has 0 bridgehead atoms. The van der Waals surface area contributed by atoms with Gasteiger partial charge < -0.3 is 44.5 Å². The molecular weight excluding hydrogens is 967 g/mol. The van der Waals surface area contributed by atoms with Crippen LogP contribution in [-0.2, 0) is 28.5 Å². The van der Waals surface area contributed by atoms with Crippen LogP contribution in [0.15, 0.2) is 47.5 Å². The van der Waals surface area contributed by atoms with Crippen molar-refractivity contribution in [2.24, 2.45) is 0 Å². The summed E-state index contributed by atoms with van der Waals surface area (Å²) in [5.74, 6) is 0.750. The number of aryl methyl sites for hydroxylation is 3. The number of aromatic nitrogens is 5. The molecular formula is C53H73N11O9S. The summed E-state index contributed by atoms with van der Waals surface area (Å²) in [7, 11) is 0. The minimum atomic E-state index is -0.283. The largest absolute Gasteiger partial charge is 0.383 e. The van der Waals surface area contributed by atoms with E-state index in [1.165, 1.54) is 18.3 Å². The van der Waals surface area contributed by atoms with Gasteiger partial charge in [-0.15, -0.1) is 11.3 Å². The van der Waals surface area contributed by atoms with Crippen molar-refractivity contribution in [3.63, 3.8) is 0 Å². The SMILES string of the molecule is CC(=O)c1c(C)c2cnc(Nc3ccc(N4CCN(CC(=O)NCCOCCOCCOCCOCCOCCNc5ccc(C(=O)Nc6nc(C(C)C)c(C)s6)c(C)c5)CC4)cn3)nc2n(C2CCCC2)c1=O. The zero-order valence-electron chi connectivity index (χ0n) is 43.8. The van der Waals surface area contributed by atoms with Crippen molar-refractivity contribution >= 4 is 68.2 Å². The smallest absolute Gasteiger partial charge is 0.263 e. The van der Waals surface area contributed by atoms with E-state index in [1.54, 1.807) is 17.7 Å². The van der Waals surface area contributed by atoms with Gasteiger partial charge in [0.05, 0.1) is 95.8 Å². The first-order chi connectivity index (χ1) is 35.9. The summed E-state index contributed by atoms with van der Waals surface area (Å²) in [5, 5.41) is 13.7. The quantitative estimate of drug-likeness (QED) is 0.0299. The molecule has 1 saturated carbocycles. The molecule has 2 fully saturated rings. The molecule has 2 aliphatic rings. The fraction of sp³-hybridized carbons (Fsp3) is 0.547. The second-order valence-corrected chi connectivity index (χ2v) is 20.0. The predicted octanol–water partition coefficient (Wildman–Crippen LogP) is 6.44. The monoisotopic (exact) mass is 1040 g/mol. The van der Waals surface area contributed by atoms with E-state index in [2.05, 4.69) is 59.9 Å². The molecule has 0 radical (unpaired) electrons. The first-order valence-electron chi connectivity index (χ1n) is 25.8. The molecule has 4 aromatic heterocycles. The Hall–Kier alpha value is -5.94. The van der Waals surface area contributed by atoms with Gasteiger partial charge in [-0.1, -0.05) is 26.7 Å². The van der Waals surface area contributed by atoms with Gasteiger partial charge in [-0.25, -0.2) is 15.0 Å². The summed E-state index contributed by atoms with van der Waals surface area (Å²) < 4.78 is 29.8. The number of nitrogens with zero attached hydrogens (tertiary/aromatic N) is 7. The highest BCUT2D eigenvalue weighted by atomic mass is 32.1. The number of benzene rings is 1. The number of amides is 2. The average Bonchev–Trinajstić information content (AvgIpc) is 4.05. The van der Waals surface area contributed by atoms with Crippen molar-refractivity contribution in [1.82, 2.24) is 34.7 Å². The van der Waals surface area contributed by atoms with Gasteiger partial charge in [-0.3, -0.25) is 34.0 Å². The molecule has 20 nitrogen and oxygen atoms in total. The van der Waals surface area contributed by atoms with E-state index in [0.717, 1.165) is 79.4 Å². The van der Waals surface area contributed by atoms with Crippen molar-refractivity contribution in [1.29, 1.82) is 0 Å². The van der Waals surface area contributed by atoms with E-state index in [9.17, 15) is 19.2 Å². The maximum Gasteiger partial charge on any atom is 0.263 e. The number of hydrogen-bond donors (Lipinski definition) is 4. The van der Waals surface area contributed by atoms with E-state index in [-0.39, 0.29) is 34.8 Å². The lowest BCUT2D eigenvalue weighted by molar-refractivity contribution is -0.122. The van der Waals surface area contributed by atoms with Gasteiger partial charge in [0.25, 0.3) is 11.5 Å². The number of ether oxygens (including phenoxy) is 5. The van der Waals surface area contributed by atoms with Crippen LogP contribution in [0.1, 0.15) is 101 Å². The van der Waals surface area contributed by atoms with Gasteiger partial charge in [-0.05, 0) is 87.9 Å². The van der Waals surface area contributed by atoms with Crippen LogP contribution in [0.25, 0.3) is 11.0 Å². The number of thiazole rings is 1. The third kappa shape index (κ3) is 15.8. The fourth-order valence-corrected chi connectivity index (χ4v) is 10.2. The topological polar surface area (TPSA) is 226 Å². The molecule has 0 atom stereocenters. The summed E-state index contributed by atoms with van der Waals surface area (Å²) in [6, 6.07) is 9.55. The predicted molar refractivity (Wildman–Crippen MR) is 288 cm³/mol. The number of pyridine rings is 2. The summed E-state index contributed by atoms with van der Waals surface area (Å²) in [5.41, 5.74) is 5.46. The highest BCUT2D eigenvalue weighted by molar-refractivity contribution is 7.15. The van der Waals surface area contributed by atoms with E-state index in [0.29, 0.717) is 131 Å². The Kier molecular flexibility index (Phi) is 21.2.